The molecule has 0 atom stereocenters. The second-order valence-electron chi connectivity index (χ2n) is 6.94. The Bertz CT molecular complexity index is 1040. The molecule has 0 bridgehead atoms. The van der Waals surface area contributed by atoms with Crippen LogP contribution in [0.1, 0.15) is 22.3 Å². The summed E-state index contributed by atoms with van der Waals surface area (Å²) >= 11 is 0. The van der Waals surface area contributed by atoms with E-state index < -0.39 is 0 Å². The molecule has 0 amide bonds. The summed E-state index contributed by atoms with van der Waals surface area (Å²) in [6.07, 6.45) is 0.804. The van der Waals surface area contributed by atoms with Gasteiger partial charge in [-0.05, 0) is 40.3 Å². The van der Waals surface area contributed by atoms with E-state index in [1.807, 2.05) is 12.1 Å². The Balaban J connectivity index is 2.02. The molecule has 0 aliphatic carbocycles. The number of hydrazine groups is 1. The molecule has 0 unspecified atom stereocenters. The van der Waals surface area contributed by atoms with Gasteiger partial charge in [0.25, 0.3) is 0 Å². The topological polar surface area (TPSA) is 38.0 Å². The molecule has 0 aliphatic rings. The molecule has 4 aromatic rings. The van der Waals surface area contributed by atoms with Crippen molar-refractivity contribution in [1.82, 2.24) is 0 Å². The first-order chi connectivity index (χ1) is 14.4. The van der Waals surface area contributed by atoms with Gasteiger partial charge in [-0.1, -0.05) is 109 Å². The van der Waals surface area contributed by atoms with Crippen LogP contribution in [0.4, 0.5) is 5.69 Å². The lowest BCUT2D eigenvalue weighted by molar-refractivity contribution is 1.26. The van der Waals surface area contributed by atoms with Gasteiger partial charge in [-0.2, -0.15) is 0 Å². The maximum atomic E-state index is 5.89. The first kappa shape index (κ1) is 18.7. The maximum absolute atomic E-state index is 5.89. The summed E-state index contributed by atoms with van der Waals surface area (Å²) in [5.74, 6) is 5.89. The molecule has 0 radical (unpaired) electrons. The van der Waals surface area contributed by atoms with E-state index in [1.165, 1.54) is 27.8 Å². The van der Waals surface area contributed by atoms with Crippen LogP contribution in [0, 0.1) is 0 Å². The number of hydrogen-bond donors (Lipinski definition) is 2. The molecule has 3 N–H and O–H groups in total. The predicted molar refractivity (Wildman–Crippen MR) is 123 cm³/mol. The van der Waals surface area contributed by atoms with Crippen molar-refractivity contribution in [2.24, 2.45) is 5.84 Å². The molecule has 2 nitrogen and oxygen atoms in total. The number of anilines is 1. The second-order valence-corrected chi connectivity index (χ2v) is 6.94. The number of para-hydroxylation sites is 1. The number of nitrogen functional groups attached to an aromatic ring is 1. The smallest absolute Gasteiger partial charge is 0.0560 e. The Morgan fingerprint density at radius 3 is 1.62 bits per heavy atom. The molecule has 29 heavy (non-hydrogen) atoms. The van der Waals surface area contributed by atoms with Crippen LogP contribution in [0.3, 0.4) is 0 Å². The predicted octanol–water partition coefficient (Wildman–Crippen LogP) is 6.17. The second kappa shape index (κ2) is 9.05. The van der Waals surface area contributed by atoms with E-state index in [9.17, 15) is 0 Å². The molecule has 0 fully saturated rings. The number of hydrogen-bond acceptors (Lipinski definition) is 2. The van der Waals surface area contributed by atoms with Gasteiger partial charge in [0.05, 0.1) is 5.69 Å². The zero-order valence-corrected chi connectivity index (χ0v) is 16.3. The van der Waals surface area contributed by atoms with E-state index in [-0.39, 0.29) is 0 Å². The van der Waals surface area contributed by atoms with E-state index in [0.717, 1.165) is 17.7 Å². The van der Waals surface area contributed by atoms with Gasteiger partial charge in [-0.25, -0.2) is 0 Å². The third kappa shape index (κ3) is 4.29. The van der Waals surface area contributed by atoms with Crippen LogP contribution >= 0.6 is 0 Å². The fourth-order valence-electron chi connectivity index (χ4n) is 3.72. The Hall–Kier alpha value is -3.62. The summed E-state index contributed by atoms with van der Waals surface area (Å²) < 4.78 is 0. The van der Waals surface area contributed by atoms with Crippen LogP contribution in [0.5, 0.6) is 0 Å². The minimum atomic E-state index is 0.804. The molecule has 0 spiro atoms. The van der Waals surface area contributed by atoms with Gasteiger partial charge in [0.1, 0.15) is 0 Å². The van der Waals surface area contributed by atoms with Crippen LogP contribution in [0.2, 0.25) is 0 Å². The highest BCUT2D eigenvalue weighted by Crippen LogP contribution is 2.37. The third-order valence-electron chi connectivity index (χ3n) is 5.06. The average molecular weight is 377 g/mol. The summed E-state index contributed by atoms with van der Waals surface area (Å²) in [4.78, 5) is 0. The Morgan fingerprint density at radius 1 is 0.586 bits per heavy atom. The van der Waals surface area contributed by atoms with Crippen molar-refractivity contribution >= 4 is 16.8 Å². The summed E-state index contributed by atoms with van der Waals surface area (Å²) in [5.41, 5.74) is 11.0. The lowest BCUT2D eigenvalue weighted by Gasteiger charge is -2.20. The number of allylic oxidation sites excluding steroid dienone is 1. The molecular formula is C27H24N2. The lowest BCUT2D eigenvalue weighted by Crippen LogP contribution is -2.10. The number of benzene rings is 4. The average Bonchev–Trinajstić information content (AvgIpc) is 2.81. The number of rotatable bonds is 6. The SMILES string of the molecule is NNc1ccccc1C(Cc1ccccc1)=C(c1ccccc1)c1ccccc1. The van der Waals surface area contributed by atoms with Gasteiger partial charge in [0, 0.05) is 5.56 Å². The van der Waals surface area contributed by atoms with E-state index in [4.69, 9.17) is 5.84 Å². The van der Waals surface area contributed by atoms with Crippen molar-refractivity contribution in [1.29, 1.82) is 0 Å². The van der Waals surface area contributed by atoms with Gasteiger partial charge in [-0.15, -0.1) is 0 Å². The third-order valence-corrected chi connectivity index (χ3v) is 5.06. The quantitative estimate of drug-likeness (QED) is 0.240. The highest BCUT2D eigenvalue weighted by Gasteiger charge is 2.16. The largest absolute Gasteiger partial charge is 0.324 e. The molecule has 2 heteroatoms. The van der Waals surface area contributed by atoms with Crippen LogP contribution in [0.25, 0.3) is 11.1 Å². The first-order valence-electron chi connectivity index (χ1n) is 9.81. The Labute approximate surface area is 172 Å². The van der Waals surface area contributed by atoms with Crippen LogP contribution in [-0.4, -0.2) is 0 Å². The molecule has 142 valence electrons. The molecule has 0 aliphatic heterocycles. The monoisotopic (exact) mass is 376 g/mol. The number of nitrogens with two attached hydrogens (primary N) is 1. The Morgan fingerprint density at radius 2 is 1.07 bits per heavy atom. The molecule has 0 saturated heterocycles. The molecule has 0 aromatic heterocycles. The van der Waals surface area contributed by atoms with E-state index >= 15 is 0 Å². The zero-order chi connectivity index (χ0) is 19.9. The van der Waals surface area contributed by atoms with Crippen LogP contribution in [0.15, 0.2) is 115 Å². The van der Waals surface area contributed by atoms with Crippen molar-refractivity contribution in [2.75, 3.05) is 5.43 Å². The van der Waals surface area contributed by atoms with E-state index in [2.05, 4.69) is 109 Å². The summed E-state index contributed by atoms with van der Waals surface area (Å²) in [6, 6.07) is 40.0. The fourth-order valence-corrected chi connectivity index (χ4v) is 3.72. The summed E-state index contributed by atoms with van der Waals surface area (Å²) in [7, 11) is 0. The normalized spacial score (nSPS) is 10.4. The zero-order valence-electron chi connectivity index (χ0n) is 16.3. The fraction of sp³-hybridized carbons (Fsp3) is 0.0370. The minimum Gasteiger partial charge on any atom is -0.324 e. The Kier molecular flexibility index (Phi) is 5.84. The van der Waals surface area contributed by atoms with Crippen LogP contribution in [-0.2, 0) is 6.42 Å². The molecule has 4 aromatic carbocycles. The summed E-state index contributed by atoms with van der Waals surface area (Å²) in [6.45, 7) is 0. The highest BCUT2D eigenvalue weighted by atomic mass is 15.2. The standard InChI is InChI=1S/C27H24N2/c28-29-26-19-11-10-18-24(26)25(20-21-12-4-1-5-13-21)27(22-14-6-2-7-15-22)23-16-8-3-9-17-23/h1-19,29H,20,28H2. The molecule has 4 rings (SSSR count). The van der Waals surface area contributed by atoms with Crippen molar-refractivity contribution in [3.05, 3.63) is 138 Å². The summed E-state index contributed by atoms with van der Waals surface area (Å²) in [5, 5.41) is 0. The van der Waals surface area contributed by atoms with Gasteiger partial charge in [-0.3, -0.25) is 5.84 Å². The van der Waals surface area contributed by atoms with Gasteiger partial charge in [0.2, 0.25) is 0 Å². The minimum absolute atomic E-state index is 0.804. The maximum Gasteiger partial charge on any atom is 0.0560 e. The van der Waals surface area contributed by atoms with Crippen LogP contribution < -0.4 is 11.3 Å². The molecule has 0 heterocycles. The molecular weight excluding hydrogens is 352 g/mol. The van der Waals surface area contributed by atoms with Gasteiger partial charge >= 0.3 is 0 Å². The highest BCUT2D eigenvalue weighted by molar-refractivity contribution is 6.01. The molecule has 0 saturated carbocycles. The van der Waals surface area contributed by atoms with Crippen molar-refractivity contribution < 1.29 is 0 Å². The van der Waals surface area contributed by atoms with Crippen molar-refractivity contribution in [3.63, 3.8) is 0 Å². The van der Waals surface area contributed by atoms with Crippen molar-refractivity contribution in [2.45, 2.75) is 6.42 Å². The van der Waals surface area contributed by atoms with Gasteiger partial charge in [0.15, 0.2) is 0 Å². The van der Waals surface area contributed by atoms with E-state index in [0.29, 0.717) is 0 Å². The first-order valence-corrected chi connectivity index (χ1v) is 9.81. The van der Waals surface area contributed by atoms with Crippen molar-refractivity contribution in [3.8, 4) is 0 Å². The van der Waals surface area contributed by atoms with Gasteiger partial charge < -0.3 is 5.43 Å². The lowest BCUT2D eigenvalue weighted by atomic mass is 9.85. The van der Waals surface area contributed by atoms with E-state index in [1.54, 1.807) is 0 Å². The number of nitrogens with one attached hydrogen (secondary N) is 1.